The first-order valence-electron chi connectivity index (χ1n) is 5.48. The van der Waals surface area contributed by atoms with E-state index in [0.717, 1.165) is 0 Å². The molecule has 0 fully saturated rings. The zero-order valence-electron chi connectivity index (χ0n) is 10.1. The summed E-state index contributed by atoms with van der Waals surface area (Å²) in [5, 5.41) is 6.34. The van der Waals surface area contributed by atoms with E-state index >= 15 is 0 Å². The molecule has 0 bridgehead atoms. The largest absolute Gasteiger partial charge is 0.398 e. The predicted molar refractivity (Wildman–Crippen MR) is 81.5 cm³/mol. The first kappa shape index (κ1) is 15.4. The van der Waals surface area contributed by atoms with Crippen molar-refractivity contribution in [3.8, 4) is 0 Å². The predicted octanol–water partition coefficient (Wildman–Crippen LogP) is 1.43. The third-order valence-electron chi connectivity index (χ3n) is 2.42. The Morgan fingerprint density at radius 1 is 1.35 bits per heavy atom. The second kappa shape index (κ2) is 6.20. The molecular formula is C10H11Br2N5O2S. The molecule has 0 atom stereocenters. The Hall–Kier alpha value is -0.970. The Bertz CT molecular complexity index is 679. The van der Waals surface area contributed by atoms with Gasteiger partial charge in [0.2, 0.25) is 10.0 Å². The van der Waals surface area contributed by atoms with Crippen molar-refractivity contribution in [3.63, 3.8) is 0 Å². The lowest BCUT2D eigenvalue weighted by Crippen LogP contribution is -2.27. The number of hydrogen-bond donors (Lipinski definition) is 3. The van der Waals surface area contributed by atoms with Crippen molar-refractivity contribution in [2.75, 3.05) is 12.3 Å². The zero-order valence-corrected chi connectivity index (χ0v) is 14.1. The van der Waals surface area contributed by atoms with E-state index in [1.54, 1.807) is 6.07 Å². The number of halogens is 2. The van der Waals surface area contributed by atoms with Gasteiger partial charge in [0.1, 0.15) is 17.0 Å². The molecule has 0 aliphatic heterocycles. The molecule has 0 aliphatic rings. The number of H-pyrrole nitrogens is 1. The van der Waals surface area contributed by atoms with E-state index in [2.05, 4.69) is 51.8 Å². The normalized spacial score (nSPS) is 11.7. The van der Waals surface area contributed by atoms with Crippen LogP contribution in [0.3, 0.4) is 0 Å². The molecule has 1 heterocycles. The fourth-order valence-electron chi connectivity index (χ4n) is 1.59. The Kier molecular flexibility index (Phi) is 4.78. The highest BCUT2D eigenvalue weighted by Gasteiger charge is 2.21. The van der Waals surface area contributed by atoms with Crippen LogP contribution in [0, 0.1) is 0 Å². The first-order chi connectivity index (χ1) is 9.40. The molecule has 2 aromatic rings. The average Bonchev–Trinajstić information content (AvgIpc) is 2.79. The van der Waals surface area contributed by atoms with Crippen LogP contribution >= 0.6 is 31.9 Å². The average molecular weight is 425 g/mol. The highest BCUT2D eigenvalue weighted by molar-refractivity contribution is 9.11. The topological polar surface area (TPSA) is 114 Å². The number of nitrogens with one attached hydrogen (secondary N) is 2. The zero-order chi connectivity index (χ0) is 14.8. The van der Waals surface area contributed by atoms with Crippen LogP contribution in [0.15, 0.2) is 32.3 Å². The first-order valence-corrected chi connectivity index (χ1v) is 8.55. The minimum Gasteiger partial charge on any atom is -0.398 e. The van der Waals surface area contributed by atoms with Crippen LogP contribution in [0.2, 0.25) is 0 Å². The van der Waals surface area contributed by atoms with Crippen molar-refractivity contribution in [2.45, 2.75) is 11.3 Å². The molecular weight excluding hydrogens is 414 g/mol. The van der Waals surface area contributed by atoms with E-state index in [9.17, 15) is 8.42 Å². The fraction of sp³-hybridized carbons (Fsp3) is 0.200. The standard InChI is InChI=1S/C10H11Br2N5O2S/c11-6-3-7(12)10(8(13)4-6)20(18,19)16-2-1-9-14-5-15-17-9/h3-5,16H,1-2,13H2,(H,14,15,17). The van der Waals surface area contributed by atoms with Gasteiger partial charge < -0.3 is 5.73 Å². The van der Waals surface area contributed by atoms with Gasteiger partial charge in [-0.1, -0.05) is 15.9 Å². The lowest BCUT2D eigenvalue weighted by Gasteiger charge is -2.11. The minimum absolute atomic E-state index is 0.0262. The number of aromatic nitrogens is 3. The molecule has 0 amide bonds. The van der Waals surface area contributed by atoms with Crippen LogP contribution in [-0.4, -0.2) is 30.1 Å². The Labute approximate surface area is 132 Å². The van der Waals surface area contributed by atoms with E-state index in [1.807, 2.05) is 0 Å². The van der Waals surface area contributed by atoms with Crippen LogP contribution in [0.25, 0.3) is 0 Å². The molecule has 1 aromatic carbocycles. The van der Waals surface area contributed by atoms with Gasteiger partial charge >= 0.3 is 0 Å². The number of aromatic amines is 1. The van der Waals surface area contributed by atoms with Crippen molar-refractivity contribution in [1.29, 1.82) is 0 Å². The molecule has 1 aromatic heterocycles. The number of nitrogen functional groups attached to an aromatic ring is 1. The van der Waals surface area contributed by atoms with Crippen molar-refractivity contribution in [3.05, 3.63) is 33.2 Å². The molecule has 0 aliphatic carbocycles. The van der Waals surface area contributed by atoms with Gasteiger partial charge in [-0.05, 0) is 28.1 Å². The van der Waals surface area contributed by atoms with E-state index < -0.39 is 10.0 Å². The maximum absolute atomic E-state index is 12.2. The molecule has 0 unspecified atom stereocenters. The van der Waals surface area contributed by atoms with E-state index in [-0.39, 0.29) is 17.1 Å². The number of benzene rings is 1. The minimum atomic E-state index is -3.70. The van der Waals surface area contributed by atoms with Gasteiger partial charge in [0, 0.05) is 21.9 Å². The van der Waals surface area contributed by atoms with Crippen molar-refractivity contribution >= 4 is 47.6 Å². The second-order valence-electron chi connectivity index (χ2n) is 3.89. The van der Waals surface area contributed by atoms with Crippen LogP contribution in [0.1, 0.15) is 5.82 Å². The van der Waals surface area contributed by atoms with Gasteiger partial charge in [0.25, 0.3) is 0 Å². The molecule has 4 N–H and O–H groups in total. The van der Waals surface area contributed by atoms with Crippen molar-refractivity contribution in [1.82, 2.24) is 19.9 Å². The molecule has 10 heteroatoms. The quantitative estimate of drug-likeness (QED) is 0.628. The summed E-state index contributed by atoms with van der Waals surface area (Å²) < 4.78 is 28.0. The summed E-state index contributed by atoms with van der Waals surface area (Å²) in [7, 11) is -3.70. The third kappa shape index (κ3) is 3.57. The van der Waals surface area contributed by atoms with E-state index in [1.165, 1.54) is 12.4 Å². The van der Waals surface area contributed by atoms with Gasteiger partial charge in [0.15, 0.2) is 0 Å². The van der Waals surface area contributed by atoms with Crippen molar-refractivity contribution in [2.24, 2.45) is 0 Å². The lowest BCUT2D eigenvalue weighted by molar-refractivity contribution is 0.581. The number of sulfonamides is 1. The molecule has 0 spiro atoms. The Morgan fingerprint density at radius 3 is 2.70 bits per heavy atom. The number of nitrogens with two attached hydrogens (primary N) is 1. The molecule has 0 saturated carbocycles. The van der Waals surface area contributed by atoms with Gasteiger partial charge in [-0.25, -0.2) is 18.1 Å². The summed E-state index contributed by atoms with van der Waals surface area (Å²) in [6.07, 6.45) is 1.78. The third-order valence-corrected chi connectivity index (χ3v) is 5.35. The molecule has 0 radical (unpaired) electrons. The summed E-state index contributed by atoms with van der Waals surface area (Å²) in [5.74, 6) is 0.607. The molecule has 20 heavy (non-hydrogen) atoms. The molecule has 7 nitrogen and oxygen atoms in total. The number of anilines is 1. The van der Waals surface area contributed by atoms with E-state index in [4.69, 9.17) is 5.73 Å². The SMILES string of the molecule is Nc1cc(Br)cc(Br)c1S(=O)(=O)NCCc1ncn[nH]1. The van der Waals surface area contributed by atoms with Crippen LogP contribution in [0.4, 0.5) is 5.69 Å². The smallest absolute Gasteiger partial charge is 0.243 e. The molecule has 0 saturated heterocycles. The Morgan fingerprint density at radius 2 is 2.10 bits per heavy atom. The number of nitrogens with zero attached hydrogens (tertiary/aromatic N) is 2. The van der Waals surface area contributed by atoms with Crippen LogP contribution in [0.5, 0.6) is 0 Å². The number of rotatable bonds is 5. The van der Waals surface area contributed by atoms with Gasteiger partial charge in [-0.2, -0.15) is 5.10 Å². The maximum Gasteiger partial charge on any atom is 0.243 e. The number of hydrogen-bond acceptors (Lipinski definition) is 5. The van der Waals surface area contributed by atoms with Gasteiger partial charge in [0.05, 0.1) is 5.69 Å². The summed E-state index contributed by atoms with van der Waals surface area (Å²) in [5.41, 5.74) is 5.93. The molecule has 108 valence electrons. The van der Waals surface area contributed by atoms with Crippen molar-refractivity contribution < 1.29 is 8.42 Å². The highest BCUT2D eigenvalue weighted by atomic mass is 79.9. The van der Waals surface area contributed by atoms with Crippen LogP contribution in [-0.2, 0) is 16.4 Å². The second-order valence-corrected chi connectivity index (χ2v) is 7.36. The Balaban J connectivity index is 2.14. The summed E-state index contributed by atoms with van der Waals surface area (Å²) in [6.45, 7) is 0.194. The lowest BCUT2D eigenvalue weighted by atomic mass is 10.3. The summed E-state index contributed by atoms with van der Waals surface area (Å²) >= 11 is 6.45. The van der Waals surface area contributed by atoms with Gasteiger partial charge in [-0.15, -0.1) is 0 Å². The highest BCUT2D eigenvalue weighted by Crippen LogP contribution is 2.31. The molecule has 2 rings (SSSR count). The van der Waals surface area contributed by atoms with Gasteiger partial charge in [-0.3, -0.25) is 5.10 Å². The monoisotopic (exact) mass is 423 g/mol. The fourth-order valence-corrected chi connectivity index (χ4v) is 4.69. The maximum atomic E-state index is 12.2. The van der Waals surface area contributed by atoms with Crippen LogP contribution < -0.4 is 10.5 Å². The summed E-state index contributed by atoms with van der Waals surface area (Å²) in [6, 6.07) is 3.16. The summed E-state index contributed by atoms with van der Waals surface area (Å²) in [4.78, 5) is 3.94. The van der Waals surface area contributed by atoms with E-state index in [0.29, 0.717) is 21.2 Å².